The summed E-state index contributed by atoms with van der Waals surface area (Å²) in [5.41, 5.74) is 4.02. The van der Waals surface area contributed by atoms with Crippen LogP contribution in [0.15, 0.2) is 82.1 Å². The lowest BCUT2D eigenvalue weighted by atomic mass is 10.1. The van der Waals surface area contributed by atoms with Crippen LogP contribution in [0.2, 0.25) is 0 Å². The van der Waals surface area contributed by atoms with Gasteiger partial charge in [0.05, 0.1) is 4.90 Å². The number of aryl methyl sites for hydroxylation is 2. The second-order valence-corrected chi connectivity index (χ2v) is 10.1. The lowest BCUT2D eigenvalue weighted by Crippen LogP contribution is -2.26. The summed E-state index contributed by atoms with van der Waals surface area (Å²) in [7, 11) is -2.19. The lowest BCUT2D eigenvalue weighted by molar-refractivity contribution is 0.102. The molecular weight excluding hydrogens is 452 g/mol. The van der Waals surface area contributed by atoms with Crippen LogP contribution in [0.4, 0.5) is 6.01 Å². The van der Waals surface area contributed by atoms with Crippen LogP contribution in [-0.4, -0.2) is 35.9 Å². The van der Waals surface area contributed by atoms with Gasteiger partial charge < -0.3 is 4.42 Å². The Morgan fingerprint density at radius 3 is 2.24 bits per heavy atom. The van der Waals surface area contributed by atoms with E-state index < -0.39 is 15.9 Å². The molecule has 1 aromatic heterocycles. The van der Waals surface area contributed by atoms with E-state index in [9.17, 15) is 13.2 Å². The maximum atomic E-state index is 12.9. The van der Waals surface area contributed by atoms with Crippen molar-refractivity contribution in [1.29, 1.82) is 0 Å². The molecule has 4 rings (SSSR count). The molecule has 174 valence electrons. The summed E-state index contributed by atoms with van der Waals surface area (Å²) in [4.78, 5) is 12.7. The number of rotatable bonds is 7. The van der Waals surface area contributed by atoms with Crippen molar-refractivity contribution < 1.29 is 17.6 Å². The molecule has 0 atom stereocenters. The molecule has 34 heavy (non-hydrogen) atoms. The van der Waals surface area contributed by atoms with Crippen LogP contribution in [0.1, 0.15) is 27.0 Å². The average Bonchev–Trinajstić information content (AvgIpc) is 3.27. The van der Waals surface area contributed by atoms with Crippen molar-refractivity contribution in [2.45, 2.75) is 25.3 Å². The zero-order valence-corrected chi connectivity index (χ0v) is 19.8. The third kappa shape index (κ3) is 5.22. The van der Waals surface area contributed by atoms with Crippen LogP contribution in [0.25, 0.3) is 11.5 Å². The Balaban J connectivity index is 1.45. The summed E-state index contributed by atoms with van der Waals surface area (Å²) >= 11 is 0. The number of amides is 1. The van der Waals surface area contributed by atoms with Gasteiger partial charge in [0.1, 0.15) is 0 Å². The predicted octanol–water partition coefficient (Wildman–Crippen LogP) is 4.43. The molecule has 1 amide bonds. The van der Waals surface area contributed by atoms with E-state index in [0.717, 1.165) is 22.3 Å². The first-order valence-electron chi connectivity index (χ1n) is 10.6. The van der Waals surface area contributed by atoms with Gasteiger partial charge in [0.25, 0.3) is 5.91 Å². The number of nitrogens with zero attached hydrogens (tertiary/aromatic N) is 3. The number of sulfonamides is 1. The van der Waals surface area contributed by atoms with Gasteiger partial charge in [-0.1, -0.05) is 52.6 Å². The average molecular weight is 477 g/mol. The molecule has 0 radical (unpaired) electrons. The molecule has 0 fully saturated rings. The van der Waals surface area contributed by atoms with Gasteiger partial charge in [0, 0.05) is 24.7 Å². The zero-order valence-electron chi connectivity index (χ0n) is 19.0. The number of carbonyl (C=O) groups excluding carboxylic acids is 1. The number of anilines is 1. The molecule has 0 saturated heterocycles. The summed E-state index contributed by atoms with van der Waals surface area (Å²) in [6.07, 6.45) is 0. The van der Waals surface area contributed by atoms with E-state index in [2.05, 4.69) is 15.5 Å². The summed E-state index contributed by atoms with van der Waals surface area (Å²) < 4.78 is 32.6. The molecular formula is C25H24N4O4S. The topological polar surface area (TPSA) is 105 Å². The Bertz CT molecular complexity index is 1390. The quantitative estimate of drug-likeness (QED) is 0.423. The van der Waals surface area contributed by atoms with Gasteiger partial charge in [-0.25, -0.2) is 8.42 Å². The Morgan fingerprint density at radius 1 is 0.941 bits per heavy atom. The van der Waals surface area contributed by atoms with Crippen LogP contribution in [0.3, 0.4) is 0 Å². The van der Waals surface area contributed by atoms with Crippen molar-refractivity contribution in [3.63, 3.8) is 0 Å². The molecule has 9 heteroatoms. The van der Waals surface area contributed by atoms with E-state index in [0.29, 0.717) is 5.89 Å². The second-order valence-electron chi connectivity index (χ2n) is 8.01. The molecule has 0 aliphatic rings. The maximum Gasteiger partial charge on any atom is 0.322 e. The van der Waals surface area contributed by atoms with Crippen molar-refractivity contribution in [2.75, 3.05) is 12.4 Å². The van der Waals surface area contributed by atoms with E-state index in [4.69, 9.17) is 4.42 Å². The van der Waals surface area contributed by atoms with Crippen LogP contribution in [0.5, 0.6) is 0 Å². The summed E-state index contributed by atoms with van der Waals surface area (Å²) in [5, 5.41) is 10.4. The Labute approximate surface area is 198 Å². The number of hydrogen-bond donors (Lipinski definition) is 1. The number of aromatic nitrogens is 2. The molecule has 0 aliphatic carbocycles. The number of benzene rings is 3. The van der Waals surface area contributed by atoms with Gasteiger partial charge in [0.15, 0.2) is 0 Å². The van der Waals surface area contributed by atoms with Gasteiger partial charge in [-0.15, -0.1) is 5.10 Å². The lowest BCUT2D eigenvalue weighted by Gasteiger charge is -2.17. The molecule has 8 nitrogen and oxygen atoms in total. The third-order valence-corrected chi connectivity index (χ3v) is 7.00. The molecule has 1 heterocycles. The van der Waals surface area contributed by atoms with Crippen molar-refractivity contribution in [2.24, 2.45) is 0 Å². The monoisotopic (exact) mass is 476 g/mol. The molecule has 0 bridgehead atoms. The Kier molecular flexibility index (Phi) is 6.58. The van der Waals surface area contributed by atoms with Gasteiger partial charge in [-0.3, -0.25) is 10.1 Å². The Hall–Kier alpha value is -3.82. The summed E-state index contributed by atoms with van der Waals surface area (Å²) in [6, 6.07) is 20.8. The van der Waals surface area contributed by atoms with Crippen molar-refractivity contribution in [3.05, 3.63) is 95.1 Å². The smallest absolute Gasteiger partial charge is 0.322 e. The number of nitrogens with one attached hydrogen (secondary N) is 1. The molecule has 0 spiro atoms. The molecule has 3 aromatic carbocycles. The minimum Gasteiger partial charge on any atom is -0.403 e. The summed E-state index contributed by atoms with van der Waals surface area (Å²) in [5.74, 6) is -0.192. The SMILES string of the molecule is Cc1cc(C)cc(-c2nnc(NC(=O)c3ccc(S(=O)(=O)N(C)Cc4ccccc4)cc3)o2)c1. The Morgan fingerprint density at radius 2 is 1.59 bits per heavy atom. The molecule has 4 aromatic rings. The normalized spacial score (nSPS) is 11.5. The van der Waals surface area contributed by atoms with E-state index >= 15 is 0 Å². The van der Waals surface area contributed by atoms with Crippen LogP contribution < -0.4 is 5.32 Å². The van der Waals surface area contributed by atoms with E-state index in [1.807, 2.05) is 62.4 Å². The van der Waals surface area contributed by atoms with E-state index in [-0.39, 0.29) is 23.0 Å². The third-order valence-electron chi connectivity index (χ3n) is 5.19. The summed E-state index contributed by atoms with van der Waals surface area (Å²) in [6.45, 7) is 4.18. The van der Waals surface area contributed by atoms with Crippen LogP contribution >= 0.6 is 0 Å². The second kappa shape index (κ2) is 9.58. The van der Waals surface area contributed by atoms with Gasteiger partial charge in [-0.2, -0.15) is 4.31 Å². The first kappa shape index (κ1) is 23.3. The van der Waals surface area contributed by atoms with Crippen molar-refractivity contribution >= 4 is 21.9 Å². The number of hydrogen-bond acceptors (Lipinski definition) is 6. The highest BCUT2D eigenvalue weighted by Crippen LogP contribution is 2.23. The maximum absolute atomic E-state index is 12.9. The molecule has 0 saturated carbocycles. The minimum atomic E-state index is -3.71. The van der Waals surface area contributed by atoms with Crippen molar-refractivity contribution in [1.82, 2.24) is 14.5 Å². The predicted molar refractivity (Wildman–Crippen MR) is 129 cm³/mol. The van der Waals surface area contributed by atoms with Crippen LogP contribution in [-0.2, 0) is 16.6 Å². The van der Waals surface area contributed by atoms with Gasteiger partial charge in [-0.05, 0) is 55.8 Å². The largest absolute Gasteiger partial charge is 0.403 e. The minimum absolute atomic E-state index is 0.0431. The van der Waals surface area contributed by atoms with Crippen LogP contribution in [0, 0.1) is 13.8 Å². The van der Waals surface area contributed by atoms with E-state index in [1.54, 1.807) is 0 Å². The first-order valence-corrected chi connectivity index (χ1v) is 12.0. The standard InChI is InChI=1S/C25H24N4O4S/c1-17-13-18(2)15-21(14-17)24-27-28-25(33-24)26-23(30)20-9-11-22(12-10-20)34(31,32)29(3)16-19-7-5-4-6-8-19/h4-15H,16H2,1-3H3,(H,26,28,30). The highest BCUT2D eigenvalue weighted by atomic mass is 32.2. The number of carbonyl (C=O) groups is 1. The highest BCUT2D eigenvalue weighted by Gasteiger charge is 2.21. The van der Waals surface area contributed by atoms with Gasteiger partial charge >= 0.3 is 6.01 Å². The first-order chi connectivity index (χ1) is 16.2. The van der Waals surface area contributed by atoms with Gasteiger partial charge in [0.2, 0.25) is 15.9 Å². The fraction of sp³-hybridized carbons (Fsp3) is 0.160. The fourth-order valence-electron chi connectivity index (χ4n) is 3.54. The zero-order chi connectivity index (χ0) is 24.3. The molecule has 0 aliphatic heterocycles. The molecule has 0 unspecified atom stereocenters. The fourth-order valence-corrected chi connectivity index (χ4v) is 4.70. The van der Waals surface area contributed by atoms with Crippen molar-refractivity contribution in [3.8, 4) is 11.5 Å². The highest BCUT2D eigenvalue weighted by molar-refractivity contribution is 7.89. The molecule has 1 N–H and O–H groups in total. The van der Waals surface area contributed by atoms with E-state index in [1.165, 1.54) is 35.6 Å².